The first kappa shape index (κ1) is 11.9. The fraction of sp³-hybridized carbons (Fsp3) is 0.800. The van der Waals surface area contributed by atoms with E-state index in [0.29, 0.717) is 0 Å². The van der Waals surface area contributed by atoms with Gasteiger partial charge in [0, 0.05) is 0 Å². The predicted molar refractivity (Wildman–Crippen MR) is 60.3 cm³/mol. The predicted octanol–water partition coefficient (Wildman–Crippen LogP) is 2.76. The summed E-state index contributed by atoms with van der Waals surface area (Å²) >= 11 is 0. The zero-order valence-electron chi connectivity index (χ0n) is 9.28. The molecule has 0 aliphatic carbocycles. The van der Waals surface area contributed by atoms with E-state index in [1.54, 1.807) is 0 Å². The van der Waals surface area contributed by atoms with E-state index in [0.717, 1.165) is 0 Å². The zero-order chi connectivity index (χ0) is 9.78. The highest BCUT2D eigenvalue weighted by atomic mass is 28.3. The molecule has 72 valence electrons. The molecule has 0 N–H and O–H groups in total. The van der Waals surface area contributed by atoms with E-state index in [4.69, 9.17) is 0 Å². The van der Waals surface area contributed by atoms with Crippen molar-refractivity contribution in [3.05, 3.63) is 11.8 Å². The molecular weight excluding hydrogens is 162 g/mol. The quantitative estimate of drug-likeness (QED) is 0.595. The molecule has 0 aliphatic heterocycles. The Labute approximate surface area is 78.5 Å². The van der Waals surface area contributed by atoms with E-state index in [1.165, 1.54) is 24.2 Å². The normalized spacial score (nSPS) is 12.2. The van der Waals surface area contributed by atoms with E-state index in [-0.39, 0.29) is 0 Å². The zero-order valence-corrected chi connectivity index (χ0v) is 10.3. The summed E-state index contributed by atoms with van der Waals surface area (Å²) in [4.78, 5) is 2.25. The molecule has 0 unspecified atom stereocenters. The molecule has 0 spiro atoms. The second kappa shape index (κ2) is 4.82. The number of hydrogen-bond donors (Lipinski definition) is 0. The van der Waals surface area contributed by atoms with Crippen LogP contribution < -0.4 is 0 Å². The molecular formula is C10H23NSi. The van der Waals surface area contributed by atoms with Gasteiger partial charge in [-0.15, -0.1) is 6.58 Å². The van der Waals surface area contributed by atoms with Crippen LogP contribution in [-0.4, -0.2) is 33.6 Å². The van der Waals surface area contributed by atoms with E-state index in [9.17, 15) is 0 Å². The van der Waals surface area contributed by atoms with Crippen LogP contribution in [-0.2, 0) is 0 Å². The molecule has 0 saturated carbocycles. The van der Waals surface area contributed by atoms with Crippen LogP contribution in [0.15, 0.2) is 11.8 Å². The lowest BCUT2D eigenvalue weighted by atomic mass is 10.5. The van der Waals surface area contributed by atoms with E-state index in [2.05, 4.69) is 45.6 Å². The minimum Gasteiger partial charge on any atom is -0.309 e. The summed E-state index contributed by atoms with van der Waals surface area (Å²) in [6.07, 6.45) is 1.32. The van der Waals surface area contributed by atoms with Crippen LogP contribution in [0.25, 0.3) is 0 Å². The first-order valence-electron chi connectivity index (χ1n) is 4.67. The average Bonchev–Trinajstić information content (AvgIpc) is 1.85. The van der Waals surface area contributed by atoms with Crippen LogP contribution in [0.2, 0.25) is 19.1 Å². The van der Waals surface area contributed by atoms with Crippen LogP contribution in [0.3, 0.4) is 0 Å². The number of nitrogens with zero attached hydrogens (tertiary/aromatic N) is 1. The summed E-state index contributed by atoms with van der Waals surface area (Å²) in [6.45, 7) is 12.3. The van der Waals surface area contributed by atoms with Crippen LogP contribution in [0.5, 0.6) is 0 Å². The third kappa shape index (κ3) is 4.73. The molecule has 2 heteroatoms. The minimum atomic E-state index is -1.07. The van der Waals surface area contributed by atoms with Crippen molar-refractivity contribution >= 4 is 8.07 Å². The maximum atomic E-state index is 4.07. The Balaban J connectivity index is 3.69. The van der Waals surface area contributed by atoms with Gasteiger partial charge in [0.15, 0.2) is 0 Å². The molecule has 0 heterocycles. The van der Waals surface area contributed by atoms with Gasteiger partial charge in [-0.05, 0) is 34.0 Å². The van der Waals surface area contributed by atoms with Crippen molar-refractivity contribution in [2.45, 2.75) is 32.5 Å². The van der Waals surface area contributed by atoms with Crippen molar-refractivity contribution in [1.82, 2.24) is 4.90 Å². The molecule has 0 atom stereocenters. The van der Waals surface area contributed by atoms with Crippen molar-refractivity contribution in [3.8, 4) is 0 Å². The van der Waals surface area contributed by atoms with E-state index >= 15 is 0 Å². The molecule has 0 aromatic rings. The lowest BCUT2D eigenvalue weighted by Gasteiger charge is -2.23. The summed E-state index contributed by atoms with van der Waals surface area (Å²) < 4.78 is 0. The molecule has 12 heavy (non-hydrogen) atoms. The minimum absolute atomic E-state index is 1.07. The highest BCUT2D eigenvalue weighted by Gasteiger charge is 2.20. The van der Waals surface area contributed by atoms with Crippen LogP contribution in [0.1, 0.15) is 13.3 Å². The molecule has 0 rings (SSSR count). The maximum absolute atomic E-state index is 4.07. The van der Waals surface area contributed by atoms with Gasteiger partial charge in [0.05, 0.1) is 8.07 Å². The second-order valence-electron chi connectivity index (χ2n) is 4.57. The largest absolute Gasteiger partial charge is 0.309 e. The van der Waals surface area contributed by atoms with Gasteiger partial charge in [-0.25, -0.2) is 0 Å². The Morgan fingerprint density at radius 3 is 2.17 bits per heavy atom. The Morgan fingerprint density at radius 2 is 1.83 bits per heavy atom. The number of hydrogen-bond acceptors (Lipinski definition) is 1. The Bertz CT molecular complexity index is 150. The third-order valence-corrected chi connectivity index (χ3v) is 6.48. The van der Waals surface area contributed by atoms with Crippen molar-refractivity contribution in [2.24, 2.45) is 0 Å². The SMILES string of the molecule is C=C(C)[Si](C)(C)CCCN(C)C. The van der Waals surface area contributed by atoms with Gasteiger partial charge in [-0.2, -0.15) is 0 Å². The average molecular weight is 185 g/mol. The van der Waals surface area contributed by atoms with Crippen LogP contribution in [0.4, 0.5) is 0 Å². The number of allylic oxidation sites excluding steroid dienone is 1. The van der Waals surface area contributed by atoms with Crippen LogP contribution >= 0.6 is 0 Å². The summed E-state index contributed by atoms with van der Waals surface area (Å²) in [5, 5.41) is 1.43. The summed E-state index contributed by atoms with van der Waals surface area (Å²) in [5.74, 6) is 0. The van der Waals surface area contributed by atoms with Crippen molar-refractivity contribution in [3.63, 3.8) is 0 Å². The fourth-order valence-electron chi connectivity index (χ4n) is 1.05. The Hall–Kier alpha value is -0.0831. The van der Waals surface area contributed by atoms with Crippen molar-refractivity contribution in [1.29, 1.82) is 0 Å². The summed E-state index contributed by atoms with van der Waals surface area (Å²) in [6, 6.07) is 1.38. The first-order chi connectivity index (χ1) is 5.36. The molecule has 0 fully saturated rings. The van der Waals surface area contributed by atoms with Gasteiger partial charge < -0.3 is 4.90 Å². The monoisotopic (exact) mass is 185 g/mol. The molecule has 1 nitrogen and oxygen atoms in total. The third-order valence-electron chi connectivity index (χ3n) is 2.56. The van der Waals surface area contributed by atoms with E-state index < -0.39 is 8.07 Å². The molecule has 0 bridgehead atoms. The van der Waals surface area contributed by atoms with Crippen LogP contribution in [0, 0.1) is 0 Å². The van der Waals surface area contributed by atoms with Gasteiger partial charge in [0.2, 0.25) is 0 Å². The van der Waals surface area contributed by atoms with Crippen molar-refractivity contribution in [2.75, 3.05) is 20.6 Å². The standard InChI is InChI=1S/C10H23NSi/c1-10(2)12(5,6)9-7-8-11(3)4/h1,7-9H2,2-6H3. The Kier molecular flexibility index (Phi) is 4.79. The topological polar surface area (TPSA) is 3.24 Å². The molecule has 0 aromatic heterocycles. The smallest absolute Gasteiger partial charge is 0.0743 e. The van der Waals surface area contributed by atoms with Gasteiger partial charge in [-0.1, -0.05) is 24.3 Å². The summed E-state index contributed by atoms with van der Waals surface area (Å²) in [5.41, 5.74) is 0. The lowest BCUT2D eigenvalue weighted by molar-refractivity contribution is 0.407. The van der Waals surface area contributed by atoms with Gasteiger partial charge in [0.25, 0.3) is 0 Å². The molecule has 0 radical (unpaired) electrons. The van der Waals surface area contributed by atoms with Gasteiger partial charge >= 0.3 is 0 Å². The van der Waals surface area contributed by atoms with Gasteiger partial charge in [-0.3, -0.25) is 0 Å². The lowest BCUT2D eigenvalue weighted by Crippen LogP contribution is -2.28. The number of rotatable bonds is 5. The highest BCUT2D eigenvalue weighted by molar-refractivity contribution is 6.84. The molecule has 0 aromatic carbocycles. The first-order valence-corrected chi connectivity index (χ1v) is 7.87. The molecule has 0 saturated heterocycles. The molecule has 0 aliphatic rings. The molecule has 0 amide bonds. The fourth-order valence-corrected chi connectivity index (χ4v) is 2.52. The second-order valence-corrected chi connectivity index (χ2v) is 9.69. The maximum Gasteiger partial charge on any atom is 0.0743 e. The van der Waals surface area contributed by atoms with E-state index in [1.807, 2.05) is 0 Å². The van der Waals surface area contributed by atoms with Crippen molar-refractivity contribution < 1.29 is 0 Å². The Morgan fingerprint density at radius 1 is 1.33 bits per heavy atom. The highest BCUT2D eigenvalue weighted by Crippen LogP contribution is 2.19. The van der Waals surface area contributed by atoms with Gasteiger partial charge in [0.1, 0.15) is 0 Å². The summed E-state index contributed by atoms with van der Waals surface area (Å²) in [7, 11) is 3.20.